The molecule has 0 aliphatic heterocycles. The van der Waals surface area contributed by atoms with Crippen LogP contribution >= 0.6 is 0 Å². The van der Waals surface area contributed by atoms with Crippen molar-refractivity contribution in [2.75, 3.05) is 5.32 Å². The van der Waals surface area contributed by atoms with Gasteiger partial charge in [-0.3, -0.25) is 9.59 Å². The molecule has 0 aliphatic rings. The molecule has 0 spiro atoms. The summed E-state index contributed by atoms with van der Waals surface area (Å²) in [7, 11) is 0. The van der Waals surface area contributed by atoms with Gasteiger partial charge in [0.25, 0.3) is 0 Å². The van der Waals surface area contributed by atoms with E-state index in [2.05, 4.69) is 5.32 Å². The van der Waals surface area contributed by atoms with E-state index < -0.39 is 17.9 Å². The molecule has 86 valence electrons. The first-order valence-corrected chi connectivity index (χ1v) is 5.07. The van der Waals surface area contributed by atoms with E-state index in [0.29, 0.717) is 0 Å². The monoisotopic (exact) mass is 221 g/mol. The van der Waals surface area contributed by atoms with Crippen molar-refractivity contribution in [1.29, 1.82) is 0 Å². The number of anilines is 1. The first kappa shape index (κ1) is 12.2. The molecule has 16 heavy (non-hydrogen) atoms. The number of carboxylic acids is 1. The van der Waals surface area contributed by atoms with Crippen LogP contribution in [-0.2, 0) is 9.59 Å². The Labute approximate surface area is 94.3 Å². The Morgan fingerprint density at radius 1 is 1.25 bits per heavy atom. The van der Waals surface area contributed by atoms with Gasteiger partial charge < -0.3 is 10.4 Å². The summed E-state index contributed by atoms with van der Waals surface area (Å²) in [6.07, 6.45) is 0. The lowest BCUT2D eigenvalue weighted by atomic mass is 9.97. The Kier molecular flexibility index (Phi) is 4.05. The van der Waals surface area contributed by atoms with Crippen LogP contribution in [0.1, 0.15) is 13.8 Å². The highest BCUT2D eigenvalue weighted by Crippen LogP contribution is 2.13. The number of Topliss-reactive ketones (excluding diaryl/α,β-unsaturated/α-hetero) is 1. The van der Waals surface area contributed by atoms with Gasteiger partial charge >= 0.3 is 5.97 Å². The fraction of sp³-hybridized carbons (Fsp3) is 0.333. The number of aliphatic carboxylic acids is 1. The highest BCUT2D eigenvalue weighted by molar-refractivity contribution is 5.98. The van der Waals surface area contributed by atoms with Crippen molar-refractivity contribution < 1.29 is 14.7 Å². The van der Waals surface area contributed by atoms with E-state index in [0.717, 1.165) is 5.69 Å². The quantitative estimate of drug-likeness (QED) is 0.744. The maximum atomic E-state index is 11.2. The molecule has 2 N–H and O–H groups in total. The summed E-state index contributed by atoms with van der Waals surface area (Å²) >= 11 is 0. The number of ketones is 1. The van der Waals surface area contributed by atoms with Gasteiger partial charge in [0, 0.05) is 11.7 Å². The largest absolute Gasteiger partial charge is 0.481 e. The summed E-state index contributed by atoms with van der Waals surface area (Å²) in [4.78, 5) is 22.1. The summed E-state index contributed by atoms with van der Waals surface area (Å²) < 4.78 is 0. The molecule has 0 aromatic heterocycles. The van der Waals surface area contributed by atoms with Crippen LogP contribution < -0.4 is 5.32 Å². The van der Waals surface area contributed by atoms with Gasteiger partial charge in [-0.1, -0.05) is 18.2 Å². The van der Waals surface area contributed by atoms with Gasteiger partial charge in [-0.05, 0) is 26.0 Å². The Bertz CT molecular complexity index is 361. The predicted molar refractivity (Wildman–Crippen MR) is 61.3 cm³/mol. The van der Waals surface area contributed by atoms with Crippen molar-refractivity contribution in [1.82, 2.24) is 0 Å². The number of para-hydroxylation sites is 1. The molecule has 0 radical (unpaired) electrons. The van der Waals surface area contributed by atoms with E-state index in [1.807, 2.05) is 30.3 Å². The number of carbonyl (C=O) groups is 2. The zero-order valence-corrected chi connectivity index (χ0v) is 9.31. The van der Waals surface area contributed by atoms with Gasteiger partial charge in [-0.15, -0.1) is 0 Å². The Morgan fingerprint density at radius 3 is 2.25 bits per heavy atom. The van der Waals surface area contributed by atoms with E-state index in [4.69, 9.17) is 5.11 Å². The second-order valence-corrected chi connectivity index (χ2v) is 3.73. The van der Waals surface area contributed by atoms with Gasteiger partial charge in [0.15, 0.2) is 0 Å². The number of rotatable bonds is 5. The topological polar surface area (TPSA) is 66.4 Å². The molecule has 0 aliphatic carbocycles. The van der Waals surface area contributed by atoms with E-state index in [-0.39, 0.29) is 5.78 Å². The van der Waals surface area contributed by atoms with Crippen LogP contribution in [0, 0.1) is 5.92 Å². The Hall–Kier alpha value is -1.84. The van der Waals surface area contributed by atoms with Gasteiger partial charge in [0.1, 0.15) is 11.7 Å². The van der Waals surface area contributed by atoms with Crippen LogP contribution in [0.2, 0.25) is 0 Å². The van der Waals surface area contributed by atoms with Crippen LogP contribution in [0.5, 0.6) is 0 Å². The molecule has 2 atom stereocenters. The fourth-order valence-electron chi connectivity index (χ4n) is 1.62. The predicted octanol–water partition coefficient (Wildman–Crippen LogP) is 1.78. The molecule has 0 saturated heterocycles. The molecule has 1 aromatic rings. The van der Waals surface area contributed by atoms with E-state index in [1.165, 1.54) is 6.92 Å². The fourth-order valence-corrected chi connectivity index (χ4v) is 1.62. The molecular formula is C12H15NO3. The van der Waals surface area contributed by atoms with Gasteiger partial charge in [-0.25, -0.2) is 0 Å². The molecule has 0 amide bonds. The van der Waals surface area contributed by atoms with Gasteiger partial charge in [0.2, 0.25) is 0 Å². The van der Waals surface area contributed by atoms with Crippen LogP contribution in [-0.4, -0.2) is 22.9 Å². The molecule has 0 bridgehead atoms. The smallest absolute Gasteiger partial charge is 0.316 e. The first-order valence-electron chi connectivity index (χ1n) is 5.07. The molecule has 4 heteroatoms. The average Bonchev–Trinajstić information content (AvgIpc) is 2.17. The SMILES string of the molecule is CC(=O)C(C(=O)O)C(C)Nc1ccccc1. The maximum Gasteiger partial charge on any atom is 0.316 e. The van der Waals surface area contributed by atoms with Crippen molar-refractivity contribution in [3.8, 4) is 0 Å². The second kappa shape index (κ2) is 5.30. The molecule has 1 rings (SSSR count). The summed E-state index contributed by atoms with van der Waals surface area (Å²) in [5.41, 5.74) is 0.808. The lowest BCUT2D eigenvalue weighted by Gasteiger charge is -2.20. The molecule has 0 saturated carbocycles. The van der Waals surface area contributed by atoms with Crippen molar-refractivity contribution in [3.05, 3.63) is 30.3 Å². The zero-order chi connectivity index (χ0) is 12.1. The van der Waals surface area contributed by atoms with Crippen molar-refractivity contribution in [2.45, 2.75) is 19.9 Å². The minimum absolute atomic E-state index is 0.344. The standard InChI is InChI=1S/C12H15NO3/c1-8(11(9(2)14)12(15)16)13-10-6-4-3-5-7-10/h3-8,11,13H,1-2H3,(H,15,16). The summed E-state index contributed by atoms with van der Waals surface area (Å²) in [5.74, 6) is -2.45. The normalized spacial score (nSPS) is 13.9. The van der Waals surface area contributed by atoms with Crippen LogP contribution in [0.15, 0.2) is 30.3 Å². The minimum atomic E-state index is -1.09. The van der Waals surface area contributed by atoms with E-state index in [9.17, 15) is 9.59 Å². The molecule has 4 nitrogen and oxygen atoms in total. The maximum absolute atomic E-state index is 11.2. The highest BCUT2D eigenvalue weighted by atomic mass is 16.4. The summed E-state index contributed by atoms with van der Waals surface area (Å²) in [6.45, 7) is 2.98. The first-order chi connectivity index (χ1) is 7.52. The third-order valence-electron chi connectivity index (χ3n) is 2.37. The van der Waals surface area contributed by atoms with Crippen LogP contribution in [0.3, 0.4) is 0 Å². The van der Waals surface area contributed by atoms with Crippen molar-refractivity contribution in [2.24, 2.45) is 5.92 Å². The van der Waals surface area contributed by atoms with Crippen molar-refractivity contribution in [3.63, 3.8) is 0 Å². The second-order valence-electron chi connectivity index (χ2n) is 3.73. The molecular weight excluding hydrogens is 206 g/mol. The number of benzene rings is 1. The number of hydrogen-bond donors (Lipinski definition) is 2. The zero-order valence-electron chi connectivity index (χ0n) is 9.31. The molecule has 0 heterocycles. The number of carbonyl (C=O) groups excluding carboxylic acids is 1. The van der Waals surface area contributed by atoms with E-state index in [1.54, 1.807) is 6.92 Å². The third-order valence-corrected chi connectivity index (χ3v) is 2.37. The van der Waals surface area contributed by atoms with Crippen LogP contribution in [0.4, 0.5) is 5.69 Å². The lowest BCUT2D eigenvalue weighted by molar-refractivity contribution is -0.146. The number of hydrogen-bond acceptors (Lipinski definition) is 3. The Balaban J connectivity index is 2.74. The molecule has 2 unspecified atom stereocenters. The average molecular weight is 221 g/mol. The third kappa shape index (κ3) is 3.08. The highest BCUT2D eigenvalue weighted by Gasteiger charge is 2.28. The number of nitrogens with one attached hydrogen (secondary N) is 1. The lowest BCUT2D eigenvalue weighted by Crippen LogP contribution is -2.36. The van der Waals surface area contributed by atoms with Crippen LogP contribution in [0.25, 0.3) is 0 Å². The van der Waals surface area contributed by atoms with Crippen molar-refractivity contribution >= 4 is 17.4 Å². The molecule has 0 fully saturated rings. The summed E-state index contributed by atoms with van der Waals surface area (Å²) in [5, 5.41) is 11.9. The van der Waals surface area contributed by atoms with E-state index >= 15 is 0 Å². The number of carboxylic acid groups (broad SMARTS) is 1. The minimum Gasteiger partial charge on any atom is -0.481 e. The molecule has 1 aromatic carbocycles. The Morgan fingerprint density at radius 2 is 1.81 bits per heavy atom. The van der Waals surface area contributed by atoms with Gasteiger partial charge in [-0.2, -0.15) is 0 Å². The summed E-state index contributed by atoms with van der Waals surface area (Å²) in [6, 6.07) is 8.79. The van der Waals surface area contributed by atoms with Gasteiger partial charge in [0.05, 0.1) is 0 Å².